The van der Waals surface area contributed by atoms with Gasteiger partial charge in [-0.3, -0.25) is 9.35 Å². The molecule has 5 aromatic carbocycles. The number of azo groups is 3. The monoisotopic (exact) mass is 944 g/mol. The summed E-state index contributed by atoms with van der Waals surface area (Å²) in [5.41, 5.74) is -2.45. The number of anilines is 1. The number of hydrogen-bond acceptors (Lipinski definition) is 20. The van der Waals surface area contributed by atoms with Gasteiger partial charge < -0.3 is 50.0 Å². The van der Waals surface area contributed by atoms with Crippen molar-refractivity contribution in [2.45, 2.75) is 10.9 Å². The van der Waals surface area contributed by atoms with E-state index in [1.54, 1.807) is 0 Å². The van der Waals surface area contributed by atoms with Crippen LogP contribution >= 0.6 is 0 Å². The molecule has 0 saturated carbocycles. The van der Waals surface area contributed by atoms with Crippen LogP contribution in [0.15, 0.2) is 120 Å². The molecule has 8 N–H and O–H groups in total. The third-order valence-corrected chi connectivity index (χ3v) is 9.77. The van der Waals surface area contributed by atoms with Crippen LogP contribution in [0.3, 0.4) is 0 Å². The van der Waals surface area contributed by atoms with E-state index in [1.165, 1.54) is 54.6 Å². The van der Waals surface area contributed by atoms with Crippen LogP contribution < -0.4 is 19.2 Å². The fourth-order valence-electron chi connectivity index (χ4n) is 5.89. The largest absolute Gasteiger partial charge is 0.505 e. The number of hydrazone groups is 1. The van der Waals surface area contributed by atoms with Gasteiger partial charge in [-0.05, 0) is 72.1 Å². The molecule has 6 rings (SSSR count). The molecular formula is C40H32N8O18S. The zero-order valence-electron chi connectivity index (χ0n) is 33.8. The third-order valence-electron chi connectivity index (χ3n) is 8.91. The van der Waals surface area contributed by atoms with Crippen LogP contribution in [0.1, 0.15) is 20.7 Å². The summed E-state index contributed by atoms with van der Waals surface area (Å²) in [4.78, 5) is 58.2. The average molecular weight is 945 g/mol. The summed E-state index contributed by atoms with van der Waals surface area (Å²) >= 11 is 0. The highest BCUT2D eigenvalue weighted by Crippen LogP contribution is 2.45. The number of benzene rings is 5. The molecule has 0 saturated heterocycles. The van der Waals surface area contributed by atoms with Gasteiger partial charge in [-0.25, -0.2) is 19.2 Å². The molecule has 1 amide bonds. The molecule has 0 aromatic heterocycles. The van der Waals surface area contributed by atoms with E-state index >= 15 is 0 Å². The molecule has 67 heavy (non-hydrogen) atoms. The number of aliphatic carboxylic acids is 2. The first-order valence-corrected chi connectivity index (χ1v) is 20.2. The molecule has 0 spiro atoms. The molecular weight excluding hydrogens is 913 g/mol. The van der Waals surface area contributed by atoms with Gasteiger partial charge in [-0.15, -0.1) is 20.5 Å². The number of aliphatic hydroxyl groups is 2. The number of phenolic OH excluding ortho intramolecular Hbond substituents is 1. The summed E-state index contributed by atoms with van der Waals surface area (Å²) in [6, 6.07) is 13.3. The van der Waals surface area contributed by atoms with Crippen LogP contribution in [-0.2, 0) is 24.5 Å². The van der Waals surface area contributed by atoms with Crippen molar-refractivity contribution in [3.05, 3.63) is 90.0 Å². The predicted molar refractivity (Wildman–Crippen MR) is 226 cm³/mol. The molecule has 1 aliphatic heterocycles. The Morgan fingerprint density at radius 3 is 1.82 bits per heavy atom. The zero-order valence-corrected chi connectivity index (χ0v) is 34.6. The van der Waals surface area contributed by atoms with E-state index in [9.17, 15) is 62.5 Å². The van der Waals surface area contributed by atoms with Crippen LogP contribution in [0.2, 0.25) is 0 Å². The van der Waals surface area contributed by atoms with E-state index < -0.39 is 87.8 Å². The smallest absolute Gasteiger partial charge is 0.355 e. The van der Waals surface area contributed by atoms with E-state index in [-0.39, 0.29) is 80.8 Å². The van der Waals surface area contributed by atoms with Gasteiger partial charge in [-0.1, -0.05) is 0 Å². The van der Waals surface area contributed by atoms with Crippen LogP contribution in [0.25, 0.3) is 10.8 Å². The van der Waals surface area contributed by atoms with Crippen molar-refractivity contribution in [2.75, 3.05) is 38.0 Å². The lowest BCUT2D eigenvalue weighted by Crippen LogP contribution is -2.33. The summed E-state index contributed by atoms with van der Waals surface area (Å²) in [7, 11) is -5.21. The maximum absolute atomic E-state index is 13.2. The molecule has 1 heterocycles. The van der Waals surface area contributed by atoms with Crippen molar-refractivity contribution < 1.29 is 86.9 Å². The maximum Gasteiger partial charge on any atom is 0.355 e. The summed E-state index contributed by atoms with van der Waals surface area (Å²) in [6.07, 6.45) is 0. The molecule has 1 unspecified atom stereocenters. The number of aromatic carboxylic acids is 2. The van der Waals surface area contributed by atoms with Crippen molar-refractivity contribution in [2.24, 2.45) is 35.8 Å². The van der Waals surface area contributed by atoms with Crippen molar-refractivity contribution >= 4 is 90.5 Å². The molecule has 0 radical (unpaired) electrons. The lowest BCUT2D eigenvalue weighted by Gasteiger charge is -2.13. The van der Waals surface area contributed by atoms with Gasteiger partial charge in [0.1, 0.15) is 58.1 Å². The summed E-state index contributed by atoms with van der Waals surface area (Å²) in [6.45, 7) is -2.57. The lowest BCUT2D eigenvalue weighted by molar-refractivity contribution is -0.139. The van der Waals surface area contributed by atoms with E-state index in [0.717, 1.165) is 24.3 Å². The number of aromatic hydroxyl groups is 1. The quantitative estimate of drug-likeness (QED) is 0.0368. The molecule has 346 valence electrons. The molecule has 0 aliphatic carbocycles. The molecule has 5 aromatic rings. The van der Waals surface area contributed by atoms with Gasteiger partial charge in [0.25, 0.3) is 16.0 Å². The van der Waals surface area contributed by atoms with Crippen LogP contribution in [0, 0.1) is 0 Å². The number of carbonyl (C=O) groups is 5. The Morgan fingerprint density at radius 2 is 1.25 bits per heavy atom. The molecule has 0 bridgehead atoms. The molecule has 0 fully saturated rings. The van der Waals surface area contributed by atoms with Gasteiger partial charge in [0, 0.05) is 17.5 Å². The van der Waals surface area contributed by atoms with E-state index in [1.807, 2.05) is 0 Å². The number of carbonyl (C=O) groups excluding carboxylic acids is 1. The second-order valence-corrected chi connectivity index (χ2v) is 14.8. The van der Waals surface area contributed by atoms with Crippen molar-refractivity contribution in [3.63, 3.8) is 0 Å². The van der Waals surface area contributed by atoms with E-state index in [0.29, 0.717) is 5.01 Å². The first-order valence-electron chi connectivity index (χ1n) is 18.8. The first kappa shape index (κ1) is 47.7. The number of nitrogens with zero attached hydrogens (tertiary/aromatic N) is 8. The number of amides is 1. The summed E-state index contributed by atoms with van der Waals surface area (Å²) in [5, 5.41) is 96.0. The average Bonchev–Trinajstić information content (AvgIpc) is 3.63. The Balaban J connectivity index is 1.36. The first-order chi connectivity index (χ1) is 31.9. The number of hydrogen-bond donors (Lipinski definition) is 8. The maximum atomic E-state index is 13.2. The molecule has 27 heteroatoms. The van der Waals surface area contributed by atoms with Gasteiger partial charge in [-0.2, -0.15) is 28.8 Å². The number of rotatable bonds is 20. The Hall–Kier alpha value is -8.79. The van der Waals surface area contributed by atoms with Crippen LogP contribution in [0.4, 0.5) is 34.1 Å². The minimum atomic E-state index is -5.21. The molecule has 1 atom stereocenters. The molecule has 26 nitrogen and oxygen atoms in total. The second kappa shape index (κ2) is 20.4. The minimum absolute atomic E-state index is 0.0343. The molecule has 1 aliphatic rings. The fraction of sp³-hybridized carbons (Fsp3) is 0.150. The van der Waals surface area contributed by atoms with Crippen molar-refractivity contribution in [3.8, 4) is 23.0 Å². The summed E-state index contributed by atoms with van der Waals surface area (Å²) in [5.74, 6) is -8.00. The highest BCUT2D eigenvalue weighted by molar-refractivity contribution is 7.86. The highest BCUT2D eigenvalue weighted by atomic mass is 32.2. The van der Waals surface area contributed by atoms with Gasteiger partial charge in [0.05, 0.1) is 35.7 Å². The Kier molecular flexibility index (Phi) is 14.5. The fourth-order valence-corrected chi connectivity index (χ4v) is 6.55. The SMILES string of the molecule is O=C(O)COc1cc(C(=O)O)ccc1N=Nc1cc(OCCO)c(N=Nc2c(S(=O)(=O)O)cc3cc(N=NC4C(=O)N(c5ccc(C(=O)O)cc5)N=C4C(=O)O)ccc3c2O)cc1OCCO. The number of ether oxygens (including phenoxy) is 3. The lowest BCUT2D eigenvalue weighted by atomic mass is 10.1. The van der Waals surface area contributed by atoms with Gasteiger partial charge >= 0.3 is 23.9 Å². The number of aliphatic hydroxyl groups excluding tert-OH is 2. The Morgan fingerprint density at radius 1 is 0.672 bits per heavy atom. The van der Waals surface area contributed by atoms with E-state index in [2.05, 4.69) is 35.8 Å². The number of carboxylic acid groups (broad SMARTS) is 4. The number of phenols is 1. The van der Waals surface area contributed by atoms with Crippen molar-refractivity contribution in [1.29, 1.82) is 0 Å². The van der Waals surface area contributed by atoms with Gasteiger partial charge in [0.2, 0.25) is 6.04 Å². The highest BCUT2D eigenvalue weighted by Gasteiger charge is 2.41. The summed E-state index contributed by atoms with van der Waals surface area (Å²) < 4.78 is 52.1. The Bertz CT molecular complexity index is 3050. The third kappa shape index (κ3) is 11.1. The topological polar surface area (TPSA) is 399 Å². The normalized spacial score (nSPS) is 14.0. The number of fused-ring (bicyclic) bond motifs is 1. The van der Waals surface area contributed by atoms with Crippen molar-refractivity contribution in [1.82, 2.24) is 0 Å². The van der Waals surface area contributed by atoms with Crippen LogP contribution in [0.5, 0.6) is 23.0 Å². The number of carboxylic acids is 4. The Labute approximate surface area is 374 Å². The van der Waals surface area contributed by atoms with Gasteiger partial charge in [0.15, 0.2) is 18.1 Å². The zero-order chi connectivity index (χ0) is 48.6. The van der Waals surface area contributed by atoms with E-state index in [4.69, 9.17) is 24.4 Å². The predicted octanol–water partition coefficient (Wildman–Crippen LogP) is 5.16. The van der Waals surface area contributed by atoms with Crippen LogP contribution in [-0.4, -0.2) is 123 Å². The minimum Gasteiger partial charge on any atom is -0.505 e. The second-order valence-electron chi connectivity index (χ2n) is 13.4. The standard InChI is InChI=1S/C40H32N8O18S/c49-9-11-64-29-17-27(30(65-12-10-50)16-26(29)43-42-25-8-3-20(39(57)58)14-28(25)66-18-32(51)52)44-45-33-31(67(61,62)63)15-21-13-22(4-7-24(21)36(33)53)41-46-34-35(40(59)60)47-48(37(34)54)23-5-1-19(2-6-23)38(55)56/h1-8,13-17,34,49-50,53H,9-12,18H2,(H,51,52)(H,55,56)(H,57,58)(H,59,60)(H,61,62,63).